The number of rotatable bonds is 5. The van der Waals surface area contributed by atoms with Crippen molar-refractivity contribution in [3.05, 3.63) is 0 Å². The fourth-order valence-corrected chi connectivity index (χ4v) is 3.61. The Balaban J connectivity index is 2.50. The van der Waals surface area contributed by atoms with E-state index in [1.54, 1.807) is 0 Å². The number of nitrogens with two attached hydrogens (primary N) is 1. The molecule has 6 heteroatoms. The molecule has 0 aliphatic heterocycles. The average molecular weight is 279 g/mol. The van der Waals surface area contributed by atoms with Gasteiger partial charge in [-0.1, -0.05) is 20.8 Å². The molecule has 4 nitrogen and oxygen atoms in total. The minimum atomic E-state index is -3.41. The first-order valence-electron chi connectivity index (χ1n) is 6.08. The molecule has 0 heterocycles. The highest BCUT2D eigenvalue weighted by Gasteiger charge is 2.52. The topological polar surface area (TPSA) is 69.4 Å². The molecule has 1 saturated carbocycles. The molecule has 0 aromatic rings. The second-order valence-electron chi connectivity index (χ2n) is 6.59. The van der Waals surface area contributed by atoms with Gasteiger partial charge in [-0.05, 0) is 37.4 Å². The SMILES string of the molecule is CC(C)(C)[Si](C)(C)OCCC1(S(N)(=O)=O)CC1. The maximum absolute atomic E-state index is 11.4. The zero-order valence-corrected chi connectivity index (χ0v) is 13.4. The van der Waals surface area contributed by atoms with Crippen LogP contribution in [0.4, 0.5) is 0 Å². The molecule has 1 fully saturated rings. The van der Waals surface area contributed by atoms with Crippen LogP contribution in [-0.4, -0.2) is 28.1 Å². The average Bonchev–Trinajstić information content (AvgIpc) is 2.81. The Kier molecular flexibility index (Phi) is 3.86. The first kappa shape index (κ1) is 15.1. The first-order chi connectivity index (χ1) is 7.41. The molecule has 0 spiro atoms. The fourth-order valence-electron chi connectivity index (χ4n) is 1.52. The molecule has 1 aliphatic rings. The third-order valence-electron chi connectivity index (χ3n) is 4.24. The normalized spacial score (nSPS) is 20.4. The number of hydrogen-bond acceptors (Lipinski definition) is 3. The quantitative estimate of drug-likeness (QED) is 0.785. The Hall–Kier alpha value is 0.0869. The molecule has 0 amide bonds. The molecule has 0 unspecified atom stereocenters. The number of primary sulfonamides is 1. The van der Waals surface area contributed by atoms with E-state index in [1.807, 2.05) is 0 Å². The van der Waals surface area contributed by atoms with Crippen LogP contribution < -0.4 is 5.14 Å². The zero-order chi connectivity index (χ0) is 13.5. The molecule has 0 bridgehead atoms. The van der Waals surface area contributed by atoms with Crippen LogP contribution in [-0.2, 0) is 14.4 Å². The molecule has 0 aromatic carbocycles. The largest absolute Gasteiger partial charge is 0.417 e. The van der Waals surface area contributed by atoms with E-state index in [9.17, 15) is 8.42 Å². The van der Waals surface area contributed by atoms with Gasteiger partial charge >= 0.3 is 0 Å². The zero-order valence-electron chi connectivity index (χ0n) is 11.5. The first-order valence-corrected chi connectivity index (χ1v) is 10.5. The van der Waals surface area contributed by atoms with Crippen LogP contribution in [0.3, 0.4) is 0 Å². The van der Waals surface area contributed by atoms with E-state index in [0.29, 0.717) is 25.9 Å². The summed E-state index contributed by atoms with van der Waals surface area (Å²) in [4.78, 5) is 0. The molecule has 2 N–H and O–H groups in total. The lowest BCUT2D eigenvalue weighted by molar-refractivity contribution is 0.277. The van der Waals surface area contributed by atoms with Gasteiger partial charge in [0.05, 0.1) is 4.75 Å². The van der Waals surface area contributed by atoms with Crippen molar-refractivity contribution in [1.29, 1.82) is 0 Å². The summed E-state index contributed by atoms with van der Waals surface area (Å²) in [5.41, 5.74) is 0. The summed E-state index contributed by atoms with van der Waals surface area (Å²) >= 11 is 0. The van der Waals surface area contributed by atoms with E-state index >= 15 is 0 Å². The highest BCUT2D eigenvalue weighted by atomic mass is 32.2. The van der Waals surface area contributed by atoms with E-state index in [2.05, 4.69) is 33.9 Å². The van der Waals surface area contributed by atoms with E-state index < -0.39 is 23.1 Å². The van der Waals surface area contributed by atoms with Crippen LogP contribution in [0, 0.1) is 0 Å². The summed E-state index contributed by atoms with van der Waals surface area (Å²) in [7, 11) is -5.18. The summed E-state index contributed by atoms with van der Waals surface area (Å²) < 4.78 is 28.1. The minimum absolute atomic E-state index is 0.158. The molecule has 0 radical (unpaired) electrons. The van der Waals surface area contributed by atoms with Crippen LogP contribution in [0.5, 0.6) is 0 Å². The summed E-state index contributed by atoms with van der Waals surface area (Å²) in [6, 6.07) is 0. The monoisotopic (exact) mass is 279 g/mol. The van der Waals surface area contributed by atoms with Crippen molar-refractivity contribution in [1.82, 2.24) is 0 Å². The van der Waals surface area contributed by atoms with Crippen LogP contribution in [0.2, 0.25) is 18.1 Å². The predicted octanol–water partition coefficient (Wildman–Crippen LogP) is 2.22. The molecule has 17 heavy (non-hydrogen) atoms. The van der Waals surface area contributed by atoms with Crippen molar-refractivity contribution in [2.24, 2.45) is 5.14 Å². The van der Waals surface area contributed by atoms with E-state index in [1.165, 1.54) is 0 Å². The molecule has 0 atom stereocenters. The maximum Gasteiger partial charge on any atom is 0.214 e. The van der Waals surface area contributed by atoms with Gasteiger partial charge in [0.2, 0.25) is 10.0 Å². The Morgan fingerprint density at radius 1 is 1.29 bits per heavy atom. The molecule has 0 aromatic heterocycles. The van der Waals surface area contributed by atoms with E-state index in [-0.39, 0.29) is 5.04 Å². The molecular formula is C11H25NO3SSi. The lowest BCUT2D eigenvalue weighted by Crippen LogP contribution is -2.42. The highest BCUT2D eigenvalue weighted by Crippen LogP contribution is 2.45. The predicted molar refractivity (Wildman–Crippen MR) is 72.8 cm³/mol. The third kappa shape index (κ3) is 3.30. The van der Waals surface area contributed by atoms with Crippen LogP contribution >= 0.6 is 0 Å². The van der Waals surface area contributed by atoms with Crippen molar-refractivity contribution in [3.8, 4) is 0 Å². The standard InChI is InChI=1S/C11H25NO3SSi/c1-10(2,3)17(4,5)15-9-8-11(6-7-11)16(12,13)14/h6-9H2,1-5H3,(H2,12,13,14). The van der Waals surface area contributed by atoms with Crippen molar-refractivity contribution in [3.63, 3.8) is 0 Å². The van der Waals surface area contributed by atoms with E-state index in [0.717, 1.165) is 0 Å². The van der Waals surface area contributed by atoms with Gasteiger partial charge in [-0.2, -0.15) is 0 Å². The van der Waals surface area contributed by atoms with Gasteiger partial charge in [-0.25, -0.2) is 13.6 Å². The Morgan fingerprint density at radius 3 is 2.06 bits per heavy atom. The molecule has 1 aliphatic carbocycles. The van der Waals surface area contributed by atoms with Crippen molar-refractivity contribution >= 4 is 18.3 Å². The molecule has 1 rings (SSSR count). The van der Waals surface area contributed by atoms with Gasteiger partial charge in [0, 0.05) is 6.61 Å². The summed E-state index contributed by atoms with van der Waals surface area (Å²) in [6.07, 6.45) is 1.91. The smallest absolute Gasteiger partial charge is 0.214 e. The van der Waals surface area contributed by atoms with Gasteiger partial charge < -0.3 is 4.43 Å². The fraction of sp³-hybridized carbons (Fsp3) is 1.00. The van der Waals surface area contributed by atoms with Crippen molar-refractivity contribution < 1.29 is 12.8 Å². The second-order valence-corrected chi connectivity index (χ2v) is 13.4. The lowest BCUT2D eigenvalue weighted by Gasteiger charge is -2.36. The summed E-state index contributed by atoms with van der Waals surface area (Å²) in [5, 5.41) is 5.40. The van der Waals surface area contributed by atoms with Gasteiger partial charge in [0.25, 0.3) is 0 Å². The van der Waals surface area contributed by atoms with Crippen LogP contribution in [0.15, 0.2) is 0 Å². The number of sulfonamides is 1. The van der Waals surface area contributed by atoms with Crippen molar-refractivity contribution in [2.45, 2.75) is 62.9 Å². The van der Waals surface area contributed by atoms with Crippen LogP contribution in [0.1, 0.15) is 40.0 Å². The van der Waals surface area contributed by atoms with Gasteiger partial charge in [0.15, 0.2) is 8.32 Å². The van der Waals surface area contributed by atoms with Crippen LogP contribution in [0.25, 0.3) is 0 Å². The van der Waals surface area contributed by atoms with Crippen molar-refractivity contribution in [2.75, 3.05) is 6.61 Å². The Morgan fingerprint density at radius 2 is 1.76 bits per heavy atom. The minimum Gasteiger partial charge on any atom is -0.417 e. The summed E-state index contributed by atoms with van der Waals surface area (Å²) in [6.45, 7) is 11.4. The molecule has 102 valence electrons. The molecular weight excluding hydrogens is 254 g/mol. The highest BCUT2D eigenvalue weighted by molar-refractivity contribution is 7.90. The third-order valence-corrected chi connectivity index (χ3v) is 10.6. The molecule has 0 saturated heterocycles. The van der Waals surface area contributed by atoms with E-state index in [4.69, 9.17) is 9.56 Å². The lowest BCUT2D eigenvalue weighted by atomic mass is 10.2. The van der Waals surface area contributed by atoms with Gasteiger partial charge in [0.1, 0.15) is 0 Å². The maximum atomic E-state index is 11.4. The Bertz CT molecular complexity index is 380. The van der Waals surface area contributed by atoms with Gasteiger partial charge in [-0.3, -0.25) is 0 Å². The number of hydrogen-bond donors (Lipinski definition) is 1. The summed E-state index contributed by atoms with van der Waals surface area (Å²) in [5.74, 6) is 0. The Labute approximate surface area is 106 Å². The van der Waals surface area contributed by atoms with Gasteiger partial charge in [-0.15, -0.1) is 0 Å². The second kappa shape index (κ2) is 4.33.